The highest BCUT2D eigenvalue weighted by Crippen LogP contribution is 2.36. The van der Waals surface area contributed by atoms with Crippen LogP contribution in [0.1, 0.15) is 31.2 Å². The van der Waals surface area contributed by atoms with Crippen LogP contribution in [-0.2, 0) is 6.54 Å². The standard InChI is InChI=1S/C15H23N3/c1-18-14-2-3-15(18)9-13(8-14)11-17-10-12-4-6-16-7-5-12/h4-7,13-15,17H,2-3,8-11H2,1H3. The van der Waals surface area contributed by atoms with Gasteiger partial charge in [0.25, 0.3) is 0 Å². The van der Waals surface area contributed by atoms with Crippen molar-refractivity contribution in [3.05, 3.63) is 30.1 Å². The van der Waals surface area contributed by atoms with Crippen LogP contribution in [0.15, 0.2) is 24.5 Å². The number of fused-ring (bicyclic) bond motifs is 2. The van der Waals surface area contributed by atoms with Gasteiger partial charge in [0.15, 0.2) is 0 Å². The number of pyridine rings is 1. The Balaban J connectivity index is 1.45. The highest BCUT2D eigenvalue weighted by molar-refractivity contribution is 5.09. The van der Waals surface area contributed by atoms with Gasteiger partial charge >= 0.3 is 0 Å². The summed E-state index contributed by atoms with van der Waals surface area (Å²) in [5, 5.41) is 3.61. The van der Waals surface area contributed by atoms with Gasteiger partial charge in [0.05, 0.1) is 0 Å². The molecule has 3 heteroatoms. The quantitative estimate of drug-likeness (QED) is 0.880. The molecular formula is C15H23N3. The third-order valence-electron chi connectivity index (χ3n) is 4.71. The number of piperidine rings is 1. The Morgan fingerprint density at radius 3 is 2.56 bits per heavy atom. The van der Waals surface area contributed by atoms with E-state index < -0.39 is 0 Å². The molecule has 2 aliphatic rings. The maximum absolute atomic E-state index is 4.05. The van der Waals surface area contributed by atoms with Gasteiger partial charge < -0.3 is 10.2 Å². The molecule has 2 saturated heterocycles. The lowest BCUT2D eigenvalue weighted by Gasteiger charge is -2.36. The molecule has 0 aromatic carbocycles. The van der Waals surface area contributed by atoms with Crippen molar-refractivity contribution in [1.29, 1.82) is 0 Å². The minimum Gasteiger partial charge on any atom is -0.312 e. The Labute approximate surface area is 110 Å². The molecule has 3 nitrogen and oxygen atoms in total. The normalized spacial score (nSPS) is 31.7. The van der Waals surface area contributed by atoms with Gasteiger partial charge in [0.1, 0.15) is 0 Å². The predicted molar refractivity (Wildman–Crippen MR) is 73.2 cm³/mol. The maximum Gasteiger partial charge on any atom is 0.0271 e. The maximum atomic E-state index is 4.05. The van der Waals surface area contributed by atoms with Gasteiger partial charge in [-0.15, -0.1) is 0 Å². The van der Waals surface area contributed by atoms with Gasteiger partial charge in [0.2, 0.25) is 0 Å². The zero-order valence-corrected chi connectivity index (χ0v) is 11.2. The van der Waals surface area contributed by atoms with Crippen molar-refractivity contribution < 1.29 is 0 Å². The summed E-state index contributed by atoms with van der Waals surface area (Å²) in [6.45, 7) is 2.15. The number of hydrogen-bond acceptors (Lipinski definition) is 3. The smallest absolute Gasteiger partial charge is 0.0271 e. The Morgan fingerprint density at radius 2 is 1.89 bits per heavy atom. The second kappa shape index (κ2) is 5.37. The summed E-state index contributed by atoms with van der Waals surface area (Å²) in [6, 6.07) is 5.89. The van der Waals surface area contributed by atoms with Crippen LogP contribution in [-0.4, -0.2) is 35.6 Å². The summed E-state index contributed by atoms with van der Waals surface area (Å²) >= 11 is 0. The number of rotatable bonds is 4. The van der Waals surface area contributed by atoms with Crippen molar-refractivity contribution in [3.8, 4) is 0 Å². The summed E-state index contributed by atoms with van der Waals surface area (Å²) in [4.78, 5) is 6.66. The fourth-order valence-electron chi connectivity index (χ4n) is 3.61. The lowest BCUT2D eigenvalue weighted by molar-refractivity contribution is 0.133. The van der Waals surface area contributed by atoms with E-state index in [4.69, 9.17) is 0 Å². The van der Waals surface area contributed by atoms with Gasteiger partial charge in [-0.2, -0.15) is 0 Å². The average Bonchev–Trinajstić information content (AvgIpc) is 2.64. The molecule has 0 saturated carbocycles. The van der Waals surface area contributed by atoms with Gasteiger partial charge in [-0.25, -0.2) is 0 Å². The zero-order valence-electron chi connectivity index (χ0n) is 11.2. The van der Waals surface area contributed by atoms with Gasteiger partial charge in [-0.05, 0) is 62.9 Å². The average molecular weight is 245 g/mol. The van der Waals surface area contributed by atoms with Crippen molar-refractivity contribution >= 4 is 0 Å². The Kier molecular flexibility index (Phi) is 3.62. The van der Waals surface area contributed by atoms with Crippen LogP contribution < -0.4 is 5.32 Å². The lowest BCUT2D eigenvalue weighted by Crippen LogP contribution is -2.42. The van der Waals surface area contributed by atoms with Crippen LogP contribution in [0.2, 0.25) is 0 Å². The highest BCUT2D eigenvalue weighted by Gasteiger charge is 2.37. The molecule has 3 rings (SSSR count). The molecule has 2 aliphatic heterocycles. The number of hydrogen-bond donors (Lipinski definition) is 1. The Morgan fingerprint density at radius 1 is 1.22 bits per heavy atom. The van der Waals surface area contributed by atoms with E-state index in [0.29, 0.717) is 0 Å². The molecule has 3 heterocycles. The molecule has 98 valence electrons. The summed E-state index contributed by atoms with van der Waals surface area (Å²) in [7, 11) is 2.31. The molecule has 1 N–H and O–H groups in total. The number of aromatic nitrogens is 1. The summed E-state index contributed by atoms with van der Waals surface area (Å²) < 4.78 is 0. The van der Waals surface area contributed by atoms with Crippen LogP contribution >= 0.6 is 0 Å². The second-order valence-corrected chi connectivity index (χ2v) is 5.87. The van der Waals surface area contributed by atoms with E-state index in [0.717, 1.165) is 24.5 Å². The summed E-state index contributed by atoms with van der Waals surface area (Å²) in [5.74, 6) is 0.875. The van der Waals surface area contributed by atoms with E-state index in [1.165, 1.54) is 37.8 Å². The summed E-state index contributed by atoms with van der Waals surface area (Å²) in [6.07, 6.45) is 9.34. The fourth-order valence-corrected chi connectivity index (χ4v) is 3.61. The van der Waals surface area contributed by atoms with Crippen molar-refractivity contribution in [2.45, 2.75) is 44.3 Å². The number of nitrogens with zero attached hydrogens (tertiary/aromatic N) is 2. The molecule has 0 amide bonds. The minimum atomic E-state index is 0.858. The first-order valence-corrected chi connectivity index (χ1v) is 7.14. The minimum absolute atomic E-state index is 0.858. The van der Waals surface area contributed by atoms with Crippen LogP contribution in [0.4, 0.5) is 0 Å². The van der Waals surface area contributed by atoms with E-state index in [9.17, 15) is 0 Å². The third-order valence-corrected chi connectivity index (χ3v) is 4.71. The molecule has 2 unspecified atom stereocenters. The Hall–Kier alpha value is -0.930. The second-order valence-electron chi connectivity index (χ2n) is 5.87. The van der Waals surface area contributed by atoms with Crippen LogP contribution in [0, 0.1) is 5.92 Å². The first-order valence-electron chi connectivity index (χ1n) is 7.14. The Bertz CT molecular complexity index is 365. The predicted octanol–water partition coefficient (Wildman–Crippen LogP) is 2.04. The first kappa shape index (κ1) is 12.1. The summed E-state index contributed by atoms with van der Waals surface area (Å²) in [5.41, 5.74) is 1.33. The third kappa shape index (κ3) is 2.57. The lowest BCUT2D eigenvalue weighted by atomic mass is 9.91. The monoisotopic (exact) mass is 245 g/mol. The molecule has 18 heavy (non-hydrogen) atoms. The largest absolute Gasteiger partial charge is 0.312 e. The number of nitrogens with one attached hydrogen (secondary N) is 1. The zero-order chi connectivity index (χ0) is 12.4. The van der Waals surface area contributed by atoms with E-state index in [2.05, 4.69) is 34.4 Å². The molecule has 0 aliphatic carbocycles. The molecule has 2 fully saturated rings. The van der Waals surface area contributed by atoms with Crippen LogP contribution in [0.5, 0.6) is 0 Å². The molecule has 0 radical (unpaired) electrons. The van der Waals surface area contributed by atoms with E-state index in [1.54, 1.807) is 0 Å². The highest BCUT2D eigenvalue weighted by atomic mass is 15.2. The van der Waals surface area contributed by atoms with Crippen molar-refractivity contribution in [2.75, 3.05) is 13.6 Å². The first-order chi connectivity index (χ1) is 8.83. The molecule has 1 aromatic rings. The van der Waals surface area contributed by atoms with Crippen LogP contribution in [0.3, 0.4) is 0 Å². The van der Waals surface area contributed by atoms with Gasteiger partial charge in [-0.1, -0.05) is 0 Å². The van der Waals surface area contributed by atoms with E-state index >= 15 is 0 Å². The van der Waals surface area contributed by atoms with E-state index in [1.807, 2.05) is 12.4 Å². The molecule has 0 spiro atoms. The molecule has 2 bridgehead atoms. The van der Waals surface area contributed by atoms with E-state index in [-0.39, 0.29) is 0 Å². The van der Waals surface area contributed by atoms with Gasteiger partial charge in [0, 0.05) is 31.0 Å². The van der Waals surface area contributed by atoms with Crippen molar-refractivity contribution in [2.24, 2.45) is 5.92 Å². The molecule has 2 atom stereocenters. The topological polar surface area (TPSA) is 28.2 Å². The fraction of sp³-hybridized carbons (Fsp3) is 0.667. The van der Waals surface area contributed by atoms with Crippen molar-refractivity contribution in [1.82, 2.24) is 15.2 Å². The van der Waals surface area contributed by atoms with Crippen LogP contribution in [0.25, 0.3) is 0 Å². The van der Waals surface area contributed by atoms with Gasteiger partial charge in [-0.3, -0.25) is 4.98 Å². The van der Waals surface area contributed by atoms with Crippen molar-refractivity contribution in [3.63, 3.8) is 0 Å². The SMILES string of the molecule is CN1C2CCC1CC(CNCc1ccncc1)C2. The molecule has 1 aromatic heterocycles. The molecular weight excluding hydrogens is 222 g/mol.